The topological polar surface area (TPSA) is 63.4 Å². The molecule has 1 heterocycles. The Morgan fingerprint density at radius 2 is 1.76 bits per heavy atom. The van der Waals surface area contributed by atoms with Crippen LogP contribution in [0.15, 0.2) is 0 Å². The van der Waals surface area contributed by atoms with E-state index in [0.29, 0.717) is 19.0 Å². The molecule has 0 aromatic heterocycles. The summed E-state index contributed by atoms with van der Waals surface area (Å²) in [6, 6.07) is 0.00196. The molecule has 1 aliphatic carbocycles. The molecule has 0 spiro atoms. The molecule has 0 aromatic rings. The first kappa shape index (κ1) is 13.3. The van der Waals surface area contributed by atoms with Gasteiger partial charge in [-0.25, -0.2) is 12.7 Å². The van der Waals surface area contributed by atoms with Gasteiger partial charge in [0.1, 0.15) is 0 Å². The number of rotatable bonds is 2. The monoisotopic (exact) mass is 260 g/mol. The van der Waals surface area contributed by atoms with Gasteiger partial charge in [0.25, 0.3) is 0 Å². The minimum absolute atomic E-state index is 0.00196. The van der Waals surface area contributed by atoms with Crippen LogP contribution in [-0.4, -0.2) is 37.1 Å². The molecule has 1 saturated carbocycles. The van der Waals surface area contributed by atoms with Crippen molar-refractivity contribution in [1.29, 1.82) is 0 Å². The summed E-state index contributed by atoms with van der Waals surface area (Å²) in [5.41, 5.74) is 5.99. The summed E-state index contributed by atoms with van der Waals surface area (Å²) in [5.74, 6) is 0.438. The lowest BCUT2D eigenvalue weighted by molar-refractivity contribution is 0.249. The van der Waals surface area contributed by atoms with Crippen LogP contribution in [0.2, 0.25) is 0 Å². The van der Waals surface area contributed by atoms with Gasteiger partial charge in [-0.3, -0.25) is 0 Å². The molecule has 17 heavy (non-hydrogen) atoms. The van der Waals surface area contributed by atoms with E-state index in [0.717, 1.165) is 32.1 Å². The van der Waals surface area contributed by atoms with E-state index in [1.54, 1.807) is 4.31 Å². The van der Waals surface area contributed by atoms with Crippen molar-refractivity contribution in [2.24, 2.45) is 11.7 Å². The van der Waals surface area contributed by atoms with Crippen molar-refractivity contribution in [3.05, 3.63) is 0 Å². The summed E-state index contributed by atoms with van der Waals surface area (Å²) < 4.78 is 26.6. The first-order valence-electron chi connectivity index (χ1n) is 6.76. The van der Waals surface area contributed by atoms with Crippen molar-refractivity contribution < 1.29 is 8.42 Å². The van der Waals surface area contributed by atoms with Crippen molar-refractivity contribution in [2.45, 2.75) is 56.7 Å². The van der Waals surface area contributed by atoms with Crippen LogP contribution in [0.3, 0.4) is 0 Å². The van der Waals surface area contributed by atoms with Gasteiger partial charge in [0.15, 0.2) is 0 Å². The van der Waals surface area contributed by atoms with Crippen LogP contribution in [0.25, 0.3) is 0 Å². The molecule has 2 aliphatic rings. The first-order valence-corrected chi connectivity index (χ1v) is 8.26. The number of hydrogen-bond donors (Lipinski definition) is 1. The van der Waals surface area contributed by atoms with Gasteiger partial charge in [-0.2, -0.15) is 0 Å². The van der Waals surface area contributed by atoms with Crippen LogP contribution in [0.5, 0.6) is 0 Å². The third-order valence-electron chi connectivity index (χ3n) is 4.31. The number of hydrogen-bond acceptors (Lipinski definition) is 3. The molecule has 2 atom stereocenters. The summed E-state index contributed by atoms with van der Waals surface area (Å²) >= 11 is 0. The van der Waals surface area contributed by atoms with Crippen molar-refractivity contribution in [3.63, 3.8) is 0 Å². The molecule has 1 saturated heterocycles. The average molecular weight is 260 g/mol. The predicted molar refractivity (Wildman–Crippen MR) is 69.1 cm³/mol. The van der Waals surface area contributed by atoms with Crippen molar-refractivity contribution in [1.82, 2.24) is 4.31 Å². The van der Waals surface area contributed by atoms with Crippen molar-refractivity contribution >= 4 is 10.0 Å². The molecule has 2 rings (SSSR count). The van der Waals surface area contributed by atoms with E-state index in [9.17, 15) is 8.42 Å². The summed E-state index contributed by atoms with van der Waals surface area (Å²) in [7, 11) is -3.09. The van der Waals surface area contributed by atoms with Gasteiger partial charge in [-0.15, -0.1) is 0 Å². The molecule has 0 bridgehead atoms. The lowest BCUT2D eigenvalue weighted by atomic mass is 9.96. The third kappa shape index (κ3) is 2.83. The Morgan fingerprint density at radius 1 is 1.12 bits per heavy atom. The van der Waals surface area contributed by atoms with Crippen LogP contribution >= 0.6 is 0 Å². The zero-order valence-corrected chi connectivity index (χ0v) is 11.5. The molecule has 2 N–H and O–H groups in total. The van der Waals surface area contributed by atoms with Crippen LogP contribution in [-0.2, 0) is 10.0 Å². The van der Waals surface area contributed by atoms with E-state index < -0.39 is 10.0 Å². The van der Waals surface area contributed by atoms with Gasteiger partial charge >= 0.3 is 0 Å². The molecule has 0 aromatic carbocycles. The summed E-state index contributed by atoms with van der Waals surface area (Å²) in [4.78, 5) is 0. The van der Waals surface area contributed by atoms with Gasteiger partial charge in [0.2, 0.25) is 10.0 Å². The average Bonchev–Trinajstić information content (AvgIpc) is 2.33. The molecule has 2 unspecified atom stereocenters. The summed E-state index contributed by atoms with van der Waals surface area (Å²) in [6.07, 6.45) is 5.86. The first-order chi connectivity index (χ1) is 8.01. The second-order valence-corrected chi connectivity index (χ2v) is 7.81. The minimum Gasteiger partial charge on any atom is -0.326 e. The van der Waals surface area contributed by atoms with E-state index >= 15 is 0 Å². The Morgan fingerprint density at radius 3 is 2.35 bits per heavy atom. The Labute approximate surface area is 105 Å². The van der Waals surface area contributed by atoms with Gasteiger partial charge < -0.3 is 5.73 Å². The molecule has 0 radical (unpaired) electrons. The molecule has 0 amide bonds. The standard InChI is InChI=1S/C12H24N2O2S/c1-10-7-8-14(9-12(10)13)17(15,16)11-5-3-2-4-6-11/h10-12H,2-9,13H2,1H3. The Bertz CT molecular complexity index is 350. The Kier molecular flexibility index (Phi) is 4.10. The largest absolute Gasteiger partial charge is 0.326 e. The van der Waals surface area contributed by atoms with Gasteiger partial charge in [0.05, 0.1) is 5.25 Å². The smallest absolute Gasteiger partial charge is 0.217 e. The molecule has 4 nitrogen and oxygen atoms in total. The highest BCUT2D eigenvalue weighted by atomic mass is 32.2. The third-order valence-corrected chi connectivity index (χ3v) is 6.68. The number of nitrogens with zero attached hydrogens (tertiary/aromatic N) is 1. The second kappa shape index (κ2) is 5.24. The molecule has 2 fully saturated rings. The predicted octanol–water partition coefficient (Wildman–Crippen LogP) is 1.32. The Balaban J connectivity index is 2.04. The summed E-state index contributed by atoms with van der Waals surface area (Å²) in [6.45, 7) is 3.28. The molecule has 5 heteroatoms. The fourth-order valence-corrected chi connectivity index (χ4v) is 4.96. The SMILES string of the molecule is CC1CCN(S(=O)(=O)C2CCCCC2)CC1N. The zero-order valence-electron chi connectivity index (χ0n) is 10.6. The quantitative estimate of drug-likeness (QED) is 0.814. The maximum Gasteiger partial charge on any atom is 0.217 e. The van der Waals surface area contributed by atoms with Gasteiger partial charge in [-0.1, -0.05) is 26.2 Å². The fourth-order valence-electron chi connectivity index (χ4n) is 2.87. The highest BCUT2D eigenvalue weighted by Crippen LogP contribution is 2.28. The molecule has 1 aliphatic heterocycles. The van der Waals surface area contributed by atoms with E-state index in [1.807, 2.05) is 0 Å². The van der Waals surface area contributed by atoms with E-state index in [4.69, 9.17) is 5.73 Å². The second-order valence-electron chi connectivity index (χ2n) is 5.59. The lowest BCUT2D eigenvalue weighted by Crippen LogP contribution is -2.52. The number of nitrogens with two attached hydrogens (primary N) is 1. The molecule has 100 valence electrons. The minimum atomic E-state index is -3.09. The van der Waals surface area contributed by atoms with Crippen LogP contribution in [0.4, 0.5) is 0 Å². The maximum absolute atomic E-state index is 12.5. The highest BCUT2D eigenvalue weighted by Gasteiger charge is 2.36. The van der Waals surface area contributed by atoms with Crippen LogP contribution in [0.1, 0.15) is 45.4 Å². The van der Waals surface area contributed by atoms with E-state index in [2.05, 4.69) is 6.92 Å². The van der Waals surface area contributed by atoms with Crippen LogP contribution in [0, 0.1) is 5.92 Å². The number of piperidine rings is 1. The number of sulfonamides is 1. The van der Waals surface area contributed by atoms with E-state index in [-0.39, 0.29) is 11.3 Å². The Hall–Kier alpha value is -0.130. The van der Waals surface area contributed by atoms with Crippen molar-refractivity contribution in [2.75, 3.05) is 13.1 Å². The molecular weight excluding hydrogens is 236 g/mol. The van der Waals surface area contributed by atoms with Gasteiger partial charge in [0, 0.05) is 19.1 Å². The molecular formula is C12H24N2O2S. The maximum atomic E-state index is 12.5. The fraction of sp³-hybridized carbons (Fsp3) is 1.00. The van der Waals surface area contributed by atoms with Crippen molar-refractivity contribution in [3.8, 4) is 0 Å². The lowest BCUT2D eigenvalue weighted by Gasteiger charge is -2.37. The highest BCUT2D eigenvalue weighted by molar-refractivity contribution is 7.89. The van der Waals surface area contributed by atoms with E-state index in [1.165, 1.54) is 6.42 Å². The summed E-state index contributed by atoms with van der Waals surface area (Å²) in [5, 5.41) is -0.142. The van der Waals surface area contributed by atoms with Crippen LogP contribution < -0.4 is 5.73 Å². The normalized spacial score (nSPS) is 33.8. The van der Waals surface area contributed by atoms with Gasteiger partial charge in [-0.05, 0) is 25.2 Å². The zero-order chi connectivity index (χ0) is 12.5.